The van der Waals surface area contributed by atoms with Crippen LogP contribution in [0.5, 0.6) is 0 Å². The summed E-state index contributed by atoms with van der Waals surface area (Å²) in [4.78, 5) is 0. The Kier molecular flexibility index (Phi) is 11.4. The number of hydrogen-bond donors (Lipinski definition) is 1. The van der Waals surface area contributed by atoms with Gasteiger partial charge in [-0.1, -0.05) is 28.8 Å². The zero-order valence-electron chi connectivity index (χ0n) is 11.1. The third-order valence-corrected chi connectivity index (χ3v) is 6.73. The Labute approximate surface area is 121 Å². The number of alkyl halides is 1. The van der Waals surface area contributed by atoms with Crippen LogP contribution in [0.4, 0.5) is 0 Å². The van der Waals surface area contributed by atoms with Gasteiger partial charge in [0.15, 0.2) is 0 Å². The van der Waals surface area contributed by atoms with Crippen LogP contribution in [-0.2, 0) is 13.3 Å². The molecule has 0 bridgehead atoms. The number of unbranched alkanes of at least 4 members (excludes halogenated alkanes) is 2. The molecule has 3 nitrogen and oxygen atoms in total. The van der Waals surface area contributed by atoms with Gasteiger partial charge in [0.25, 0.3) is 0 Å². The number of halogens is 1. The van der Waals surface area contributed by atoms with Crippen LogP contribution in [0.2, 0.25) is 6.04 Å². The second kappa shape index (κ2) is 10.8. The zero-order chi connectivity index (χ0) is 13.1. The second-order valence-electron chi connectivity index (χ2n) is 4.03. The van der Waals surface area contributed by atoms with Gasteiger partial charge in [0.2, 0.25) is 0 Å². The highest BCUT2D eigenvalue weighted by molar-refractivity contribution is 9.09. The van der Waals surface area contributed by atoms with Crippen molar-refractivity contribution in [2.75, 3.05) is 26.7 Å². The summed E-state index contributed by atoms with van der Waals surface area (Å²) in [5, 5.41) is 1.51. The number of thiol groups is 1. The van der Waals surface area contributed by atoms with Crippen molar-refractivity contribution in [3.63, 3.8) is 0 Å². The summed E-state index contributed by atoms with van der Waals surface area (Å²) in [6.45, 7) is 0. The van der Waals surface area contributed by atoms with Crippen LogP contribution in [0.15, 0.2) is 0 Å². The Morgan fingerprint density at radius 2 is 1.59 bits per heavy atom. The second-order valence-corrected chi connectivity index (χ2v) is 8.64. The van der Waals surface area contributed by atoms with Gasteiger partial charge in [-0.3, -0.25) is 0 Å². The smallest absolute Gasteiger partial charge is 0.377 e. The Balaban J connectivity index is 3.76. The van der Waals surface area contributed by atoms with Crippen molar-refractivity contribution in [2.45, 2.75) is 43.4 Å². The van der Waals surface area contributed by atoms with Gasteiger partial charge in [0, 0.05) is 38.0 Å². The number of rotatable bonds is 11. The lowest BCUT2D eigenvalue weighted by molar-refractivity contribution is 0.123. The first-order valence-corrected chi connectivity index (χ1v) is 9.60. The quantitative estimate of drug-likeness (QED) is 0.269. The molecule has 0 N–H and O–H groups in total. The summed E-state index contributed by atoms with van der Waals surface area (Å²) in [7, 11) is 2.58. The van der Waals surface area contributed by atoms with E-state index < -0.39 is 8.80 Å². The predicted octanol–water partition coefficient (Wildman–Crippen LogP) is 3.51. The Morgan fingerprint density at radius 3 is 2.06 bits per heavy atom. The first-order valence-electron chi connectivity index (χ1n) is 6.03. The molecule has 0 aliphatic carbocycles. The van der Waals surface area contributed by atoms with Gasteiger partial charge in [-0.05, 0) is 19.3 Å². The highest BCUT2D eigenvalue weighted by Crippen LogP contribution is 2.21. The first-order chi connectivity index (χ1) is 8.14. The Morgan fingerprint density at radius 1 is 1.00 bits per heavy atom. The fourth-order valence-electron chi connectivity index (χ4n) is 1.70. The van der Waals surface area contributed by atoms with Crippen LogP contribution in [-0.4, -0.2) is 40.7 Å². The summed E-state index contributed by atoms with van der Waals surface area (Å²) in [6, 6.07) is 0.836. The molecule has 0 saturated carbocycles. The van der Waals surface area contributed by atoms with E-state index in [1.165, 1.54) is 19.3 Å². The fraction of sp³-hybridized carbons (Fsp3) is 1.00. The molecule has 0 radical (unpaired) electrons. The molecule has 0 aliphatic rings. The van der Waals surface area contributed by atoms with Gasteiger partial charge < -0.3 is 13.3 Å². The molecule has 1 unspecified atom stereocenters. The maximum absolute atomic E-state index is 5.38. The van der Waals surface area contributed by atoms with E-state index in [-0.39, 0.29) is 0 Å². The van der Waals surface area contributed by atoms with E-state index in [1.54, 1.807) is 21.3 Å². The molecular formula is C11H25BrO3SSi. The minimum absolute atomic E-state index is 0.414. The Bertz CT molecular complexity index is 174. The van der Waals surface area contributed by atoms with Crippen molar-refractivity contribution in [3.05, 3.63) is 0 Å². The molecule has 1 atom stereocenters. The Hall–Kier alpha value is 0.927. The van der Waals surface area contributed by atoms with Crippen LogP contribution in [0.25, 0.3) is 0 Å². The van der Waals surface area contributed by atoms with Gasteiger partial charge in [-0.2, -0.15) is 12.6 Å². The minimum Gasteiger partial charge on any atom is -0.377 e. The van der Waals surface area contributed by atoms with Crippen molar-refractivity contribution in [1.29, 1.82) is 0 Å². The largest absolute Gasteiger partial charge is 0.500 e. The van der Waals surface area contributed by atoms with E-state index in [1.807, 2.05) is 0 Å². The summed E-state index contributed by atoms with van der Waals surface area (Å²) in [5.74, 6) is 0. The van der Waals surface area contributed by atoms with E-state index in [4.69, 9.17) is 13.3 Å². The maximum atomic E-state index is 5.38. The lowest BCUT2D eigenvalue weighted by atomic mass is 10.1. The van der Waals surface area contributed by atoms with E-state index >= 15 is 0 Å². The zero-order valence-corrected chi connectivity index (χ0v) is 14.6. The lowest BCUT2D eigenvalue weighted by Gasteiger charge is -2.25. The molecule has 0 aromatic carbocycles. The van der Waals surface area contributed by atoms with Crippen LogP contribution in [0, 0.1) is 0 Å². The molecule has 0 rings (SSSR count). The average Bonchev–Trinajstić information content (AvgIpc) is 2.37. The third kappa shape index (κ3) is 7.84. The molecule has 0 amide bonds. The molecule has 17 heavy (non-hydrogen) atoms. The number of hydrogen-bond acceptors (Lipinski definition) is 4. The van der Waals surface area contributed by atoms with Crippen molar-refractivity contribution in [3.8, 4) is 0 Å². The monoisotopic (exact) mass is 344 g/mol. The summed E-state index contributed by atoms with van der Waals surface area (Å²) in [6.07, 6.45) is 5.88. The van der Waals surface area contributed by atoms with Gasteiger partial charge in [0.1, 0.15) is 0 Å². The standard InChI is InChI=1S/C11H25BrO3SSi/c1-13-17(14-2,15-3)10-8-11(16)7-5-4-6-9-12/h11,16H,4-10H2,1-3H3. The first kappa shape index (κ1) is 17.9. The van der Waals surface area contributed by atoms with Crippen LogP contribution in [0.3, 0.4) is 0 Å². The van der Waals surface area contributed by atoms with E-state index in [0.717, 1.165) is 24.2 Å². The third-order valence-electron chi connectivity index (χ3n) is 2.89. The maximum Gasteiger partial charge on any atom is 0.500 e. The molecular weight excluding hydrogens is 320 g/mol. The van der Waals surface area contributed by atoms with Crippen molar-refractivity contribution < 1.29 is 13.3 Å². The van der Waals surface area contributed by atoms with Crippen LogP contribution >= 0.6 is 28.6 Å². The van der Waals surface area contributed by atoms with Crippen LogP contribution in [0.1, 0.15) is 32.1 Å². The molecule has 0 aromatic heterocycles. The molecule has 104 valence electrons. The van der Waals surface area contributed by atoms with Gasteiger partial charge in [-0.15, -0.1) is 0 Å². The summed E-state index contributed by atoms with van der Waals surface area (Å²) < 4.78 is 16.2. The fourth-order valence-corrected chi connectivity index (χ4v) is 4.46. The predicted molar refractivity (Wildman–Crippen MR) is 81.2 cm³/mol. The molecule has 0 fully saturated rings. The van der Waals surface area contributed by atoms with Gasteiger partial charge in [0.05, 0.1) is 0 Å². The van der Waals surface area contributed by atoms with Gasteiger partial charge >= 0.3 is 8.80 Å². The highest BCUT2D eigenvalue weighted by Gasteiger charge is 2.37. The average molecular weight is 345 g/mol. The van der Waals surface area contributed by atoms with Crippen molar-refractivity contribution in [2.24, 2.45) is 0 Å². The van der Waals surface area contributed by atoms with E-state index in [0.29, 0.717) is 5.25 Å². The molecule has 6 heteroatoms. The normalized spacial score (nSPS) is 13.9. The topological polar surface area (TPSA) is 27.7 Å². The molecule has 0 aliphatic heterocycles. The highest BCUT2D eigenvalue weighted by atomic mass is 79.9. The lowest BCUT2D eigenvalue weighted by Crippen LogP contribution is -2.43. The van der Waals surface area contributed by atoms with Crippen LogP contribution < -0.4 is 0 Å². The minimum atomic E-state index is -2.39. The molecule has 0 heterocycles. The van der Waals surface area contributed by atoms with Gasteiger partial charge in [-0.25, -0.2) is 0 Å². The summed E-state index contributed by atoms with van der Waals surface area (Å²) in [5.41, 5.74) is 0. The SMILES string of the molecule is CO[Si](CCC(S)CCCCCBr)(OC)OC. The molecule has 0 spiro atoms. The van der Waals surface area contributed by atoms with E-state index in [9.17, 15) is 0 Å². The molecule has 0 saturated heterocycles. The van der Waals surface area contributed by atoms with Crippen molar-refractivity contribution >= 4 is 37.4 Å². The molecule has 0 aromatic rings. The summed E-state index contributed by atoms with van der Waals surface area (Å²) >= 11 is 8.04. The van der Waals surface area contributed by atoms with Crippen molar-refractivity contribution in [1.82, 2.24) is 0 Å². The van der Waals surface area contributed by atoms with E-state index in [2.05, 4.69) is 28.6 Å².